The summed E-state index contributed by atoms with van der Waals surface area (Å²) in [4.78, 5) is 24.5. The monoisotopic (exact) mass is 451 g/mol. The molecule has 0 saturated heterocycles. The fourth-order valence-electron chi connectivity index (χ4n) is 3.06. The molecule has 0 aromatic heterocycles. The van der Waals surface area contributed by atoms with E-state index >= 15 is 0 Å². The third kappa shape index (κ3) is 5.95. The second-order valence-electron chi connectivity index (χ2n) is 7.10. The molecule has 7 nitrogen and oxygen atoms in total. The molecule has 0 unspecified atom stereocenters. The van der Waals surface area contributed by atoms with E-state index in [1.54, 1.807) is 36.4 Å². The molecule has 3 aromatic rings. The topological polar surface area (TPSA) is 95.6 Å². The van der Waals surface area contributed by atoms with Crippen molar-refractivity contribution >= 4 is 27.5 Å². The first-order chi connectivity index (χ1) is 15.4. The number of amides is 2. The van der Waals surface area contributed by atoms with Gasteiger partial charge in [0.15, 0.2) is 0 Å². The maximum atomic E-state index is 12.9. The highest BCUT2D eigenvalue weighted by Crippen LogP contribution is 2.22. The zero-order valence-electron chi connectivity index (χ0n) is 17.7. The zero-order valence-corrected chi connectivity index (χ0v) is 18.5. The molecule has 0 bridgehead atoms. The van der Waals surface area contributed by atoms with Gasteiger partial charge in [-0.1, -0.05) is 54.6 Å². The van der Waals surface area contributed by atoms with E-state index < -0.39 is 15.9 Å². The van der Waals surface area contributed by atoms with E-state index in [2.05, 4.69) is 10.6 Å². The maximum Gasteiger partial charge on any atom is 0.264 e. The molecule has 0 aliphatic carbocycles. The lowest BCUT2D eigenvalue weighted by Crippen LogP contribution is -2.35. The van der Waals surface area contributed by atoms with Gasteiger partial charge < -0.3 is 10.6 Å². The van der Waals surface area contributed by atoms with Crippen molar-refractivity contribution in [1.29, 1.82) is 0 Å². The molecule has 32 heavy (non-hydrogen) atoms. The zero-order chi connectivity index (χ0) is 23.0. The van der Waals surface area contributed by atoms with Crippen LogP contribution in [0.25, 0.3) is 0 Å². The standard InChI is InChI=1S/C24H25N3O4S/c1-27(21-12-6-3-7-13-21)32(30,31)22-14-8-11-20(18-22)24(29)26-16-15-25-23(28)17-19-9-4-2-5-10-19/h2-14,18H,15-17H2,1H3,(H,25,28)(H,26,29). The quantitative estimate of drug-likeness (QED) is 0.489. The Morgan fingerprint density at radius 1 is 0.812 bits per heavy atom. The van der Waals surface area contributed by atoms with Crippen LogP contribution < -0.4 is 14.9 Å². The fourth-order valence-corrected chi connectivity index (χ4v) is 4.30. The van der Waals surface area contributed by atoms with Crippen LogP contribution in [0.4, 0.5) is 5.69 Å². The molecule has 0 fully saturated rings. The summed E-state index contributed by atoms with van der Waals surface area (Å²) >= 11 is 0. The van der Waals surface area contributed by atoms with E-state index in [1.807, 2.05) is 30.3 Å². The van der Waals surface area contributed by atoms with Crippen molar-refractivity contribution in [3.8, 4) is 0 Å². The Balaban J connectivity index is 1.55. The van der Waals surface area contributed by atoms with Crippen LogP contribution in [-0.2, 0) is 21.2 Å². The molecule has 0 aliphatic heterocycles. The molecule has 2 amide bonds. The fraction of sp³-hybridized carbons (Fsp3) is 0.167. The third-order valence-corrected chi connectivity index (χ3v) is 6.60. The molecule has 0 heterocycles. The van der Waals surface area contributed by atoms with Gasteiger partial charge in [0.05, 0.1) is 17.0 Å². The van der Waals surface area contributed by atoms with Crippen molar-refractivity contribution in [3.05, 3.63) is 96.1 Å². The highest BCUT2D eigenvalue weighted by Gasteiger charge is 2.22. The van der Waals surface area contributed by atoms with Gasteiger partial charge in [-0.15, -0.1) is 0 Å². The van der Waals surface area contributed by atoms with Crippen LogP contribution in [0, 0.1) is 0 Å². The highest BCUT2D eigenvalue weighted by atomic mass is 32.2. The SMILES string of the molecule is CN(c1ccccc1)S(=O)(=O)c1cccc(C(=O)NCCNC(=O)Cc2ccccc2)c1. The van der Waals surface area contributed by atoms with Crippen LogP contribution in [0.2, 0.25) is 0 Å². The Hall–Kier alpha value is -3.65. The molecule has 0 aliphatic rings. The van der Waals surface area contributed by atoms with Gasteiger partial charge in [0.2, 0.25) is 5.91 Å². The second-order valence-corrected chi connectivity index (χ2v) is 9.07. The summed E-state index contributed by atoms with van der Waals surface area (Å²) in [7, 11) is -2.35. The Kier molecular flexibility index (Phi) is 7.62. The molecule has 0 saturated carbocycles. The number of carbonyl (C=O) groups is 2. The number of nitrogens with zero attached hydrogens (tertiary/aromatic N) is 1. The lowest BCUT2D eigenvalue weighted by atomic mass is 10.1. The van der Waals surface area contributed by atoms with E-state index in [-0.39, 0.29) is 35.9 Å². The van der Waals surface area contributed by atoms with Crippen molar-refractivity contribution in [2.75, 3.05) is 24.4 Å². The average molecular weight is 452 g/mol. The summed E-state index contributed by atoms with van der Waals surface area (Å²) < 4.78 is 27.1. The van der Waals surface area contributed by atoms with Crippen molar-refractivity contribution in [3.63, 3.8) is 0 Å². The molecular formula is C24H25N3O4S. The molecule has 0 spiro atoms. The molecule has 8 heteroatoms. The van der Waals surface area contributed by atoms with Gasteiger partial charge in [-0.3, -0.25) is 13.9 Å². The number of para-hydroxylation sites is 1. The van der Waals surface area contributed by atoms with Gasteiger partial charge >= 0.3 is 0 Å². The van der Waals surface area contributed by atoms with Gasteiger partial charge in [-0.05, 0) is 35.9 Å². The number of anilines is 1. The Morgan fingerprint density at radius 2 is 1.44 bits per heavy atom. The third-order valence-electron chi connectivity index (χ3n) is 4.81. The number of nitrogens with one attached hydrogen (secondary N) is 2. The largest absolute Gasteiger partial charge is 0.354 e. The second kappa shape index (κ2) is 10.6. The minimum atomic E-state index is -3.82. The molecular weight excluding hydrogens is 426 g/mol. The normalized spacial score (nSPS) is 10.9. The number of sulfonamides is 1. The number of hydrogen-bond donors (Lipinski definition) is 2. The van der Waals surface area contributed by atoms with Crippen molar-refractivity contribution in [1.82, 2.24) is 10.6 Å². The van der Waals surface area contributed by atoms with E-state index in [1.165, 1.54) is 29.6 Å². The molecule has 0 atom stereocenters. The summed E-state index contributed by atoms with van der Waals surface area (Å²) in [5, 5.41) is 5.45. The Morgan fingerprint density at radius 3 is 2.12 bits per heavy atom. The van der Waals surface area contributed by atoms with Gasteiger partial charge in [0.25, 0.3) is 15.9 Å². The van der Waals surface area contributed by atoms with Crippen LogP contribution in [0.3, 0.4) is 0 Å². The summed E-state index contributed by atoms with van der Waals surface area (Å²) in [5.41, 5.74) is 1.66. The van der Waals surface area contributed by atoms with E-state index in [0.29, 0.717) is 5.69 Å². The van der Waals surface area contributed by atoms with Crippen LogP contribution >= 0.6 is 0 Å². The van der Waals surface area contributed by atoms with Crippen molar-refractivity contribution in [2.45, 2.75) is 11.3 Å². The van der Waals surface area contributed by atoms with Crippen LogP contribution in [0.1, 0.15) is 15.9 Å². The Bertz CT molecular complexity index is 1170. The maximum absolute atomic E-state index is 12.9. The lowest BCUT2D eigenvalue weighted by molar-refractivity contribution is -0.120. The molecule has 166 valence electrons. The minimum absolute atomic E-state index is 0.0210. The lowest BCUT2D eigenvalue weighted by Gasteiger charge is -2.19. The van der Waals surface area contributed by atoms with Gasteiger partial charge in [0.1, 0.15) is 0 Å². The number of benzene rings is 3. The van der Waals surface area contributed by atoms with Gasteiger partial charge in [-0.25, -0.2) is 8.42 Å². The van der Waals surface area contributed by atoms with Crippen LogP contribution in [0.5, 0.6) is 0 Å². The van der Waals surface area contributed by atoms with E-state index in [9.17, 15) is 18.0 Å². The highest BCUT2D eigenvalue weighted by molar-refractivity contribution is 7.92. The van der Waals surface area contributed by atoms with E-state index in [0.717, 1.165) is 5.56 Å². The predicted molar refractivity (Wildman–Crippen MR) is 124 cm³/mol. The minimum Gasteiger partial charge on any atom is -0.354 e. The summed E-state index contributed by atoms with van der Waals surface area (Å²) in [5.74, 6) is -0.552. The van der Waals surface area contributed by atoms with Gasteiger partial charge in [0, 0.05) is 25.7 Å². The molecule has 2 N–H and O–H groups in total. The smallest absolute Gasteiger partial charge is 0.264 e. The van der Waals surface area contributed by atoms with Gasteiger partial charge in [-0.2, -0.15) is 0 Å². The van der Waals surface area contributed by atoms with Crippen LogP contribution in [-0.4, -0.2) is 40.4 Å². The van der Waals surface area contributed by atoms with Crippen molar-refractivity contribution < 1.29 is 18.0 Å². The Labute approximate surface area is 188 Å². The molecule has 3 aromatic carbocycles. The first-order valence-corrected chi connectivity index (χ1v) is 11.5. The number of rotatable bonds is 9. The summed E-state index contributed by atoms with van der Waals surface area (Å²) in [6, 6.07) is 23.9. The first-order valence-electron chi connectivity index (χ1n) is 10.1. The predicted octanol–water partition coefficient (Wildman–Crippen LogP) is 2.60. The van der Waals surface area contributed by atoms with Crippen LogP contribution in [0.15, 0.2) is 89.8 Å². The van der Waals surface area contributed by atoms with E-state index in [4.69, 9.17) is 0 Å². The molecule has 3 rings (SSSR count). The summed E-state index contributed by atoms with van der Waals surface area (Å²) in [6.07, 6.45) is 0.267. The number of carbonyl (C=O) groups excluding carboxylic acids is 2. The molecule has 0 radical (unpaired) electrons. The van der Waals surface area contributed by atoms with Crippen molar-refractivity contribution in [2.24, 2.45) is 0 Å². The summed E-state index contributed by atoms with van der Waals surface area (Å²) in [6.45, 7) is 0.492. The average Bonchev–Trinajstić information content (AvgIpc) is 2.82. The number of hydrogen-bond acceptors (Lipinski definition) is 4. The first kappa shape index (κ1) is 23.0.